The van der Waals surface area contributed by atoms with Crippen molar-refractivity contribution in [1.82, 2.24) is 0 Å². The van der Waals surface area contributed by atoms with E-state index >= 15 is 0 Å². The van der Waals surface area contributed by atoms with Gasteiger partial charge in [-0.2, -0.15) is 5.26 Å². The van der Waals surface area contributed by atoms with Crippen LogP contribution in [0, 0.1) is 21.4 Å². The molecule has 94 valence electrons. The Morgan fingerprint density at radius 3 is 2.58 bits per heavy atom. The molecule has 0 aromatic heterocycles. The molecule has 0 saturated carbocycles. The van der Waals surface area contributed by atoms with Crippen molar-refractivity contribution in [3.05, 3.63) is 62.6 Å². The summed E-state index contributed by atoms with van der Waals surface area (Å²) in [5.41, 5.74) is 0.455. The van der Waals surface area contributed by atoms with Crippen LogP contribution < -0.4 is 4.74 Å². The van der Waals surface area contributed by atoms with E-state index in [0.29, 0.717) is 21.5 Å². The number of non-ortho nitro benzene ring substituents is 1. The fourth-order valence-electron chi connectivity index (χ4n) is 1.45. The molecular formula is C13H7BrN2O3. The van der Waals surface area contributed by atoms with Crippen LogP contribution in [0.1, 0.15) is 5.56 Å². The second-order valence-corrected chi connectivity index (χ2v) is 4.46. The van der Waals surface area contributed by atoms with Gasteiger partial charge in [-0.25, -0.2) is 0 Å². The molecule has 19 heavy (non-hydrogen) atoms. The number of hydrogen-bond acceptors (Lipinski definition) is 4. The van der Waals surface area contributed by atoms with Gasteiger partial charge in [0.25, 0.3) is 5.69 Å². The quantitative estimate of drug-likeness (QED) is 0.632. The molecule has 2 rings (SSSR count). The lowest BCUT2D eigenvalue weighted by Gasteiger charge is -2.06. The Morgan fingerprint density at radius 2 is 1.95 bits per heavy atom. The monoisotopic (exact) mass is 318 g/mol. The molecule has 0 fully saturated rings. The predicted molar refractivity (Wildman–Crippen MR) is 72.0 cm³/mol. The molecule has 0 saturated heterocycles. The van der Waals surface area contributed by atoms with Crippen LogP contribution in [-0.2, 0) is 0 Å². The summed E-state index contributed by atoms with van der Waals surface area (Å²) < 4.78 is 6.11. The molecule has 0 unspecified atom stereocenters. The third-order valence-corrected chi connectivity index (χ3v) is 2.98. The second-order valence-electron chi connectivity index (χ2n) is 3.61. The van der Waals surface area contributed by atoms with Crippen molar-refractivity contribution in [2.45, 2.75) is 0 Å². The SMILES string of the molecule is N#Cc1ccc(Oc2cccc([N+](=O)[O-])c2)cc1Br. The van der Waals surface area contributed by atoms with Crippen molar-refractivity contribution >= 4 is 21.6 Å². The van der Waals surface area contributed by atoms with Gasteiger partial charge < -0.3 is 4.74 Å². The first kappa shape index (κ1) is 13.1. The minimum Gasteiger partial charge on any atom is -0.457 e. The molecule has 0 aliphatic heterocycles. The molecule has 0 spiro atoms. The Morgan fingerprint density at radius 1 is 1.21 bits per heavy atom. The molecule has 5 nitrogen and oxygen atoms in total. The van der Waals surface area contributed by atoms with E-state index in [-0.39, 0.29) is 5.69 Å². The van der Waals surface area contributed by atoms with Gasteiger partial charge in [0, 0.05) is 10.5 Å². The number of nitro benzene ring substituents is 1. The molecule has 2 aromatic rings. The van der Waals surface area contributed by atoms with E-state index in [1.807, 2.05) is 6.07 Å². The van der Waals surface area contributed by atoms with E-state index in [1.54, 1.807) is 30.3 Å². The first-order valence-electron chi connectivity index (χ1n) is 5.22. The summed E-state index contributed by atoms with van der Waals surface area (Å²) in [6, 6.07) is 12.8. The van der Waals surface area contributed by atoms with Gasteiger partial charge in [0.2, 0.25) is 0 Å². The van der Waals surface area contributed by atoms with Crippen molar-refractivity contribution < 1.29 is 9.66 Å². The maximum absolute atomic E-state index is 10.6. The van der Waals surface area contributed by atoms with Gasteiger partial charge in [0.1, 0.15) is 17.6 Å². The van der Waals surface area contributed by atoms with Crippen LogP contribution >= 0.6 is 15.9 Å². The molecule has 0 aliphatic rings. The van der Waals surface area contributed by atoms with Gasteiger partial charge in [-0.1, -0.05) is 6.07 Å². The first-order valence-corrected chi connectivity index (χ1v) is 6.01. The maximum atomic E-state index is 10.6. The number of hydrogen-bond donors (Lipinski definition) is 0. The van der Waals surface area contributed by atoms with E-state index in [1.165, 1.54) is 12.1 Å². The standard InChI is InChI=1S/C13H7BrN2O3/c14-13-7-12(5-4-9(13)8-15)19-11-3-1-2-10(6-11)16(17)18/h1-7H. The van der Waals surface area contributed by atoms with Crippen molar-refractivity contribution in [2.75, 3.05) is 0 Å². The average molecular weight is 319 g/mol. The van der Waals surface area contributed by atoms with Gasteiger partial charge in [0.15, 0.2) is 0 Å². The van der Waals surface area contributed by atoms with E-state index in [0.717, 1.165) is 0 Å². The van der Waals surface area contributed by atoms with Gasteiger partial charge >= 0.3 is 0 Å². The number of nitrogens with zero attached hydrogens (tertiary/aromatic N) is 2. The molecule has 0 amide bonds. The van der Waals surface area contributed by atoms with Crippen molar-refractivity contribution in [1.29, 1.82) is 5.26 Å². The highest BCUT2D eigenvalue weighted by Crippen LogP contribution is 2.28. The Labute approximate surface area is 117 Å². The third-order valence-electron chi connectivity index (χ3n) is 2.33. The van der Waals surface area contributed by atoms with Crippen LogP contribution in [0.25, 0.3) is 0 Å². The number of nitro groups is 1. The smallest absolute Gasteiger partial charge is 0.273 e. The molecule has 0 N–H and O–H groups in total. The van der Waals surface area contributed by atoms with Gasteiger partial charge in [-0.3, -0.25) is 10.1 Å². The number of benzene rings is 2. The summed E-state index contributed by atoms with van der Waals surface area (Å²) in [6.45, 7) is 0. The van der Waals surface area contributed by atoms with E-state index in [2.05, 4.69) is 15.9 Å². The lowest BCUT2D eigenvalue weighted by Crippen LogP contribution is -1.90. The molecular weight excluding hydrogens is 312 g/mol. The van der Waals surface area contributed by atoms with Gasteiger partial charge in [0.05, 0.1) is 16.6 Å². The Kier molecular flexibility index (Phi) is 3.78. The molecule has 0 atom stereocenters. The van der Waals surface area contributed by atoms with E-state index in [4.69, 9.17) is 10.00 Å². The predicted octanol–water partition coefficient (Wildman–Crippen LogP) is 4.02. The zero-order valence-corrected chi connectivity index (χ0v) is 11.1. The number of ether oxygens (including phenoxy) is 1. The highest BCUT2D eigenvalue weighted by Gasteiger charge is 2.08. The lowest BCUT2D eigenvalue weighted by molar-refractivity contribution is -0.384. The van der Waals surface area contributed by atoms with Gasteiger partial charge in [-0.15, -0.1) is 0 Å². The third kappa shape index (κ3) is 3.09. The minimum atomic E-state index is -0.485. The Bertz CT molecular complexity index is 680. The molecule has 0 bridgehead atoms. The number of halogens is 1. The molecule has 0 aliphatic carbocycles. The second kappa shape index (κ2) is 5.50. The van der Waals surface area contributed by atoms with Crippen LogP contribution in [-0.4, -0.2) is 4.92 Å². The lowest BCUT2D eigenvalue weighted by atomic mass is 10.2. The van der Waals surface area contributed by atoms with Crippen LogP contribution in [0.4, 0.5) is 5.69 Å². The maximum Gasteiger partial charge on any atom is 0.273 e. The summed E-state index contributed by atoms with van der Waals surface area (Å²) in [4.78, 5) is 10.2. The molecule has 6 heteroatoms. The summed E-state index contributed by atoms with van der Waals surface area (Å²) >= 11 is 3.25. The zero-order valence-electron chi connectivity index (χ0n) is 9.54. The summed E-state index contributed by atoms with van der Waals surface area (Å²) in [6.07, 6.45) is 0. The van der Waals surface area contributed by atoms with Crippen LogP contribution in [0.2, 0.25) is 0 Å². The molecule has 0 radical (unpaired) electrons. The normalized spacial score (nSPS) is 9.68. The fraction of sp³-hybridized carbons (Fsp3) is 0. The van der Waals surface area contributed by atoms with Gasteiger partial charge in [-0.05, 0) is 40.2 Å². The minimum absolute atomic E-state index is 0.0368. The van der Waals surface area contributed by atoms with Crippen LogP contribution in [0.15, 0.2) is 46.9 Å². The number of rotatable bonds is 3. The average Bonchev–Trinajstić information content (AvgIpc) is 2.39. The topological polar surface area (TPSA) is 76.2 Å². The van der Waals surface area contributed by atoms with Crippen molar-refractivity contribution in [3.8, 4) is 17.6 Å². The first-order chi connectivity index (χ1) is 9.10. The highest BCUT2D eigenvalue weighted by atomic mass is 79.9. The van der Waals surface area contributed by atoms with Crippen molar-refractivity contribution in [3.63, 3.8) is 0 Å². The van der Waals surface area contributed by atoms with Crippen molar-refractivity contribution in [2.24, 2.45) is 0 Å². The van der Waals surface area contributed by atoms with Crippen LogP contribution in [0.5, 0.6) is 11.5 Å². The highest BCUT2D eigenvalue weighted by molar-refractivity contribution is 9.10. The Balaban J connectivity index is 2.26. The largest absolute Gasteiger partial charge is 0.457 e. The molecule has 2 aromatic carbocycles. The molecule has 0 heterocycles. The van der Waals surface area contributed by atoms with E-state index in [9.17, 15) is 10.1 Å². The summed E-state index contributed by atoms with van der Waals surface area (Å²) in [5, 5.41) is 19.5. The zero-order chi connectivity index (χ0) is 13.8. The summed E-state index contributed by atoms with van der Waals surface area (Å²) in [7, 11) is 0. The summed E-state index contributed by atoms with van der Waals surface area (Å²) in [5.74, 6) is 0.859. The Hall–Kier alpha value is -2.39. The fourth-order valence-corrected chi connectivity index (χ4v) is 1.89. The number of nitriles is 1. The van der Waals surface area contributed by atoms with E-state index < -0.39 is 4.92 Å². The van der Waals surface area contributed by atoms with Crippen LogP contribution in [0.3, 0.4) is 0 Å².